The predicted molar refractivity (Wildman–Crippen MR) is 81.0 cm³/mol. The molecule has 3 rings (SSSR count). The van der Waals surface area contributed by atoms with E-state index in [0.29, 0.717) is 10.7 Å². The minimum absolute atomic E-state index is 0.0915. The minimum atomic E-state index is -0.0915. The smallest absolute Gasteiger partial charge is 0.257 e. The van der Waals surface area contributed by atoms with Crippen LogP contribution in [0.5, 0.6) is 0 Å². The molecule has 1 aliphatic rings. The van der Waals surface area contributed by atoms with Crippen LogP contribution in [0.4, 0.5) is 5.13 Å². The molecule has 1 aromatic heterocycles. The van der Waals surface area contributed by atoms with E-state index in [0.717, 1.165) is 28.6 Å². The zero-order valence-corrected chi connectivity index (χ0v) is 12.9. The second-order valence-corrected chi connectivity index (χ2v) is 6.55. The lowest BCUT2D eigenvalue weighted by Gasteiger charge is -2.06. The van der Waals surface area contributed by atoms with Crippen molar-refractivity contribution in [3.63, 3.8) is 0 Å². The minimum Gasteiger partial charge on any atom is -0.298 e. The Labute approximate surface area is 124 Å². The number of aryl methyl sites for hydroxylation is 2. The third kappa shape index (κ3) is 2.44. The molecule has 0 unspecified atom stereocenters. The highest BCUT2D eigenvalue weighted by Crippen LogP contribution is 2.31. The molecule has 0 saturated carbocycles. The van der Waals surface area contributed by atoms with Crippen LogP contribution in [-0.2, 0) is 12.8 Å². The number of amides is 1. The molecule has 98 valence electrons. The number of rotatable bonds is 2. The fraction of sp³-hybridized carbons (Fsp3) is 0.286. The van der Waals surface area contributed by atoms with E-state index in [4.69, 9.17) is 0 Å². The molecule has 0 bridgehead atoms. The first-order chi connectivity index (χ1) is 9.15. The fourth-order valence-corrected chi connectivity index (χ4v) is 3.67. The van der Waals surface area contributed by atoms with Gasteiger partial charge in [-0.15, -0.1) is 11.3 Å². The van der Waals surface area contributed by atoms with Crippen LogP contribution >= 0.6 is 27.3 Å². The third-order valence-electron chi connectivity index (χ3n) is 3.33. The summed E-state index contributed by atoms with van der Waals surface area (Å²) in [4.78, 5) is 18.1. The number of nitrogens with zero attached hydrogens (tertiary/aromatic N) is 1. The molecule has 3 nitrogen and oxygen atoms in total. The van der Waals surface area contributed by atoms with Gasteiger partial charge >= 0.3 is 0 Å². The van der Waals surface area contributed by atoms with Gasteiger partial charge in [0.05, 0.1) is 5.69 Å². The van der Waals surface area contributed by atoms with E-state index in [1.165, 1.54) is 11.3 Å². The van der Waals surface area contributed by atoms with E-state index in [1.54, 1.807) is 11.3 Å². The second kappa shape index (κ2) is 5.06. The number of thiazole rings is 1. The first-order valence-electron chi connectivity index (χ1n) is 6.20. The van der Waals surface area contributed by atoms with Gasteiger partial charge in [0.2, 0.25) is 0 Å². The maximum Gasteiger partial charge on any atom is 0.257 e. The number of benzene rings is 1. The number of hydrogen-bond donors (Lipinski definition) is 1. The van der Waals surface area contributed by atoms with Crippen molar-refractivity contribution in [2.45, 2.75) is 26.2 Å². The van der Waals surface area contributed by atoms with Gasteiger partial charge in [0.15, 0.2) is 5.13 Å². The van der Waals surface area contributed by atoms with Gasteiger partial charge in [-0.1, -0.05) is 22.0 Å². The van der Waals surface area contributed by atoms with E-state index in [9.17, 15) is 4.79 Å². The second-order valence-electron chi connectivity index (χ2n) is 4.61. The Bertz CT molecular complexity index is 629. The Morgan fingerprint density at radius 2 is 2.26 bits per heavy atom. The highest BCUT2D eigenvalue weighted by atomic mass is 79.9. The quantitative estimate of drug-likeness (QED) is 0.901. The first-order valence-corrected chi connectivity index (χ1v) is 7.81. The maximum atomic E-state index is 12.2. The summed E-state index contributed by atoms with van der Waals surface area (Å²) in [5, 5.41) is 3.62. The summed E-state index contributed by atoms with van der Waals surface area (Å²) in [6.07, 6.45) is 3.32. The van der Waals surface area contributed by atoms with Crippen molar-refractivity contribution < 1.29 is 4.79 Å². The molecule has 2 aromatic rings. The van der Waals surface area contributed by atoms with Gasteiger partial charge in [-0.25, -0.2) is 4.98 Å². The summed E-state index contributed by atoms with van der Waals surface area (Å²) in [5.41, 5.74) is 2.79. The molecule has 1 aliphatic carbocycles. The standard InChI is InChI=1S/C14H13BrN2OS/c1-8-9(4-2-5-10(8)15)13(18)17-14-16-11-6-3-7-12(11)19-14/h2,4-5H,3,6-7H2,1H3,(H,16,17,18). The Hall–Kier alpha value is -1.20. The molecule has 1 N–H and O–H groups in total. The van der Waals surface area contributed by atoms with Crippen molar-refractivity contribution in [2.24, 2.45) is 0 Å². The number of fused-ring (bicyclic) bond motifs is 1. The molecule has 0 aliphatic heterocycles. The van der Waals surface area contributed by atoms with Crippen molar-refractivity contribution in [3.05, 3.63) is 44.4 Å². The summed E-state index contributed by atoms with van der Waals surface area (Å²) in [6, 6.07) is 5.63. The predicted octanol–water partition coefficient (Wildman–Crippen LogP) is 3.96. The summed E-state index contributed by atoms with van der Waals surface area (Å²) in [5.74, 6) is -0.0915. The molecule has 19 heavy (non-hydrogen) atoms. The number of hydrogen-bond acceptors (Lipinski definition) is 3. The summed E-state index contributed by atoms with van der Waals surface area (Å²) in [6.45, 7) is 1.93. The SMILES string of the molecule is Cc1c(Br)cccc1C(=O)Nc1nc2c(s1)CCC2. The largest absolute Gasteiger partial charge is 0.298 e. The van der Waals surface area contributed by atoms with Crippen LogP contribution < -0.4 is 5.32 Å². The van der Waals surface area contributed by atoms with Crippen LogP contribution in [-0.4, -0.2) is 10.9 Å². The summed E-state index contributed by atoms with van der Waals surface area (Å²) in [7, 11) is 0. The highest BCUT2D eigenvalue weighted by Gasteiger charge is 2.18. The van der Waals surface area contributed by atoms with Gasteiger partial charge in [0.25, 0.3) is 5.91 Å². The average molecular weight is 337 g/mol. The Morgan fingerprint density at radius 3 is 3.05 bits per heavy atom. The maximum absolute atomic E-state index is 12.2. The van der Waals surface area contributed by atoms with E-state index < -0.39 is 0 Å². The highest BCUT2D eigenvalue weighted by molar-refractivity contribution is 9.10. The normalized spacial score (nSPS) is 13.4. The number of carbonyl (C=O) groups is 1. The van der Waals surface area contributed by atoms with Gasteiger partial charge < -0.3 is 0 Å². The van der Waals surface area contributed by atoms with E-state index in [-0.39, 0.29) is 5.91 Å². The molecule has 0 fully saturated rings. The molecular weight excluding hydrogens is 324 g/mol. The van der Waals surface area contributed by atoms with Crippen LogP contribution in [0.25, 0.3) is 0 Å². The fourth-order valence-electron chi connectivity index (χ4n) is 2.26. The number of aromatic nitrogens is 1. The van der Waals surface area contributed by atoms with Gasteiger partial charge in [-0.2, -0.15) is 0 Å². The molecule has 5 heteroatoms. The van der Waals surface area contributed by atoms with E-state index in [1.807, 2.05) is 25.1 Å². The molecule has 1 heterocycles. The van der Waals surface area contributed by atoms with E-state index in [2.05, 4.69) is 26.2 Å². The number of anilines is 1. The molecule has 1 amide bonds. The topological polar surface area (TPSA) is 42.0 Å². The zero-order valence-electron chi connectivity index (χ0n) is 10.5. The number of carbonyl (C=O) groups excluding carboxylic acids is 1. The number of nitrogens with one attached hydrogen (secondary N) is 1. The Balaban J connectivity index is 1.82. The van der Waals surface area contributed by atoms with Crippen molar-refractivity contribution in [1.82, 2.24) is 4.98 Å². The number of halogens is 1. The molecule has 0 radical (unpaired) electrons. The van der Waals surface area contributed by atoms with Gasteiger partial charge in [0.1, 0.15) is 0 Å². The van der Waals surface area contributed by atoms with E-state index >= 15 is 0 Å². The van der Waals surface area contributed by atoms with Crippen LogP contribution in [0.1, 0.15) is 32.9 Å². The monoisotopic (exact) mass is 336 g/mol. The molecule has 1 aromatic carbocycles. The average Bonchev–Trinajstić information content (AvgIpc) is 2.93. The summed E-state index contributed by atoms with van der Waals surface area (Å²) >= 11 is 5.04. The van der Waals surface area contributed by atoms with Crippen LogP contribution in [0.3, 0.4) is 0 Å². The van der Waals surface area contributed by atoms with Crippen molar-refractivity contribution in [2.75, 3.05) is 5.32 Å². The molecule has 0 atom stereocenters. The van der Waals surface area contributed by atoms with Crippen LogP contribution in [0, 0.1) is 6.92 Å². The Morgan fingerprint density at radius 1 is 1.42 bits per heavy atom. The third-order valence-corrected chi connectivity index (χ3v) is 5.26. The first kappa shape index (κ1) is 12.8. The molecule has 0 spiro atoms. The lowest BCUT2D eigenvalue weighted by molar-refractivity contribution is 0.102. The lowest BCUT2D eigenvalue weighted by Crippen LogP contribution is -2.13. The Kier molecular flexibility index (Phi) is 3.41. The van der Waals surface area contributed by atoms with Crippen molar-refractivity contribution in [3.8, 4) is 0 Å². The molecular formula is C14H13BrN2OS. The lowest BCUT2D eigenvalue weighted by atomic mass is 10.1. The van der Waals surface area contributed by atoms with Gasteiger partial charge in [-0.05, 0) is 43.9 Å². The van der Waals surface area contributed by atoms with Crippen LogP contribution in [0.2, 0.25) is 0 Å². The molecule has 0 saturated heterocycles. The zero-order chi connectivity index (χ0) is 13.4. The summed E-state index contributed by atoms with van der Waals surface area (Å²) < 4.78 is 0.946. The van der Waals surface area contributed by atoms with Crippen LogP contribution in [0.15, 0.2) is 22.7 Å². The van der Waals surface area contributed by atoms with Crippen molar-refractivity contribution >= 4 is 38.3 Å². The van der Waals surface area contributed by atoms with Crippen molar-refractivity contribution in [1.29, 1.82) is 0 Å². The van der Waals surface area contributed by atoms with Gasteiger partial charge in [0, 0.05) is 14.9 Å². The van der Waals surface area contributed by atoms with Gasteiger partial charge in [-0.3, -0.25) is 10.1 Å².